The molecule has 0 saturated carbocycles. The standard InChI is InChI=1S/C12H15N3O4S3/c1-13-22(18,19)9-4-5-11(10(8-9)15(16)17)21-12(20)14-6-2-3-7-14/h4-5,8,13H,2-3,6-7H2,1H3. The fourth-order valence-corrected chi connectivity index (χ4v) is 4.14. The monoisotopic (exact) mass is 361 g/mol. The Morgan fingerprint density at radius 2 is 2.05 bits per heavy atom. The zero-order chi connectivity index (χ0) is 16.3. The minimum atomic E-state index is -3.72. The first-order valence-corrected chi connectivity index (χ1v) is 9.24. The van der Waals surface area contributed by atoms with Crippen LogP contribution in [0.5, 0.6) is 0 Å². The van der Waals surface area contributed by atoms with Crippen LogP contribution < -0.4 is 4.72 Å². The molecule has 1 fully saturated rings. The molecule has 120 valence electrons. The van der Waals surface area contributed by atoms with Crippen molar-refractivity contribution in [3.63, 3.8) is 0 Å². The summed E-state index contributed by atoms with van der Waals surface area (Å²) in [6, 6.07) is 3.82. The van der Waals surface area contributed by atoms with Crippen LogP contribution in [0.4, 0.5) is 5.69 Å². The molecule has 0 unspecified atom stereocenters. The minimum absolute atomic E-state index is 0.141. The number of rotatable bonds is 4. The quantitative estimate of drug-likeness (QED) is 0.379. The van der Waals surface area contributed by atoms with Crippen molar-refractivity contribution in [1.82, 2.24) is 9.62 Å². The maximum absolute atomic E-state index is 11.7. The fraction of sp³-hybridized carbons (Fsp3) is 0.417. The van der Waals surface area contributed by atoms with Gasteiger partial charge in [0.2, 0.25) is 10.0 Å². The highest BCUT2D eigenvalue weighted by atomic mass is 32.2. The second kappa shape index (κ2) is 6.90. The molecule has 1 aromatic carbocycles. The lowest BCUT2D eigenvalue weighted by Gasteiger charge is -2.17. The van der Waals surface area contributed by atoms with Crippen molar-refractivity contribution in [2.45, 2.75) is 22.6 Å². The summed E-state index contributed by atoms with van der Waals surface area (Å²) in [5.74, 6) is 0. The smallest absolute Gasteiger partial charge is 0.284 e. The highest BCUT2D eigenvalue weighted by Crippen LogP contribution is 2.33. The lowest BCUT2D eigenvalue weighted by atomic mass is 10.3. The van der Waals surface area contributed by atoms with E-state index >= 15 is 0 Å². The largest absolute Gasteiger partial charge is 0.357 e. The minimum Gasteiger partial charge on any atom is -0.357 e. The Hall–Kier alpha value is -1.23. The molecule has 0 aliphatic carbocycles. The summed E-state index contributed by atoms with van der Waals surface area (Å²) < 4.78 is 26.2. The Morgan fingerprint density at radius 1 is 1.41 bits per heavy atom. The van der Waals surface area contributed by atoms with Crippen LogP contribution in [-0.4, -0.2) is 42.7 Å². The molecule has 2 rings (SSSR count). The average molecular weight is 361 g/mol. The first-order valence-electron chi connectivity index (χ1n) is 6.54. The van der Waals surface area contributed by atoms with Crippen LogP contribution in [0.15, 0.2) is 28.0 Å². The van der Waals surface area contributed by atoms with Crippen molar-refractivity contribution in [1.29, 1.82) is 0 Å². The van der Waals surface area contributed by atoms with Gasteiger partial charge in [-0.05, 0) is 32.0 Å². The van der Waals surface area contributed by atoms with E-state index in [4.69, 9.17) is 12.2 Å². The van der Waals surface area contributed by atoms with Crippen LogP contribution in [0.2, 0.25) is 0 Å². The molecular formula is C12H15N3O4S3. The van der Waals surface area contributed by atoms with Crippen molar-refractivity contribution in [2.24, 2.45) is 0 Å². The summed E-state index contributed by atoms with van der Waals surface area (Å²) in [5.41, 5.74) is -0.261. The molecule has 7 nitrogen and oxygen atoms in total. The van der Waals surface area contributed by atoms with Gasteiger partial charge in [-0.25, -0.2) is 13.1 Å². The van der Waals surface area contributed by atoms with Crippen LogP contribution in [0.1, 0.15) is 12.8 Å². The first kappa shape index (κ1) is 17.1. The number of nitrogens with zero attached hydrogens (tertiary/aromatic N) is 2. The van der Waals surface area contributed by atoms with E-state index in [-0.39, 0.29) is 10.6 Å². The van der Waals surface area contributed by atoms with Crippen molar-refractivity contribution >= 4 is 44.0 Å². The number of sulfonamides is 1. The number of benzene rings is 1. The van der Waals surface area contributed by atoms with Gasteiger partial charge >= 0.3 is 0 Å². The molecule has 1 aliphatic rings. The number of likely N-dealkylation sites (tertiary alicyclic amines) is 1. The van der Waals surface area contributed by atoms with Gasteiger partial charge in [-0.1, -0.05) is 24.0 Å². The third-order valence-corrected chi connectivity index (χ3v) is 6.19. The van der Waals surface area contributed by atoms with Crippen molar-refractivity contribution in [2.75, 3.05) is 20.1 Å². The number of hydrogen-bond donors (Lipinski definition) is 1. The normalized spacial score (nSPS) is 15.0. The van der Waals surface area contributed by atoms with Crippen molar-refractivity contribution < 1.29 is 13.3 Å². The third kappa shape index (κ3) is 3.75. The Bertz CT molecular complexity index is 700. The number of hydrogen-bond acceptors (Lipinski definition) is 6. The molecule has 0 spiro atoms. The molecule has 1 heterocycles. The zero-order valence-corrected chi connectivity index (χ0v) is 14.3. The predicted octanol–water partition coefficient (Wildman–Crippen LogP) is 1.98. The summed E-state index contributed by atoms with van der Waals surface area (Å²) in [4.78, 5) is 12.8. The lowest BCUT2D eigenvalue weighted by molar-refractivity contribution is -0.387. The van der Waals surface area contributed by atoms with E-state index in [0.29, 0.717) is 9.22 Å². The van der Waals surface area contributed by atoms with E-state index in [9.17, 15) is 18.5 Å². The van der Waals surface area contributed by atoms with Gasteiger partial charge in [0.15, 0.2) is 0 Å². The van der Waals surface area contributed by atoms with Gasteiger partial charge in [0.1, 0.15) is 4.32 Å². The summed E-state index contributed by atoms with van der Waals surface area (Å²) >= 11 is 6.43. The van der Waals surface area contributed by atoms with Crippen LogP contribution in [0, 0.1) is 10.1 Å². The maximum atomic E-state index is 11.7. The number of nitro benzene ring substituents is 1. The second-order valence-corrected chi connectivity index (χ2v) is 8.22. The van der Waals surface area contributed by atoms with E-state index in [1.807, 2.05) is 4.90 Å². The van der Waals surface area contributed by atoms with Crippen LogP contribution in [0.25, 0.3) is 0 Å². The first-order chi connectivity index (χ1) is 10.3. The summed E-state index contributed by atoms with van der Waals surface area (Å²) in [5, 5.41) is 11.2. The highest BCUT2D eigenvalue weighted by Gasteiger charge is 2.23. The number of thioether (sulfide) groups is 1. The van der Waals surface area contributed by atoms with E-state index in [0.717, 1.165) is 43.8 Å². The topological polar surface area (TPSA) is 92.6 Å². The molecule has 22 heavy (non-hydrogen) atoms. The van der Waals surface area contributed by atoms with E-state index < -0.39 is 14.9 Å². The number of nitrogens with one attached hydrogen (secondary N) is 1. The molecule has 0 radical (unpaired) electrons. The Labute approximate surface area is 138 Å². The summed E-state index contributed by atoms with van der Waals surface area (Å²) in [7, 11) is -2.47. The zero-order valence-electron chi connectivity index (χ0n) is 11.8. The Morgan fingerprint density at radius 3 is 2.59 bits per heavy atom. The predicted molar refractivity (Wildman–Crippen MR) is 88.6 cm³/mol. The third-order valence-electron chi connectivity index (χ3n) is 3.27. The fourth-order valence-electron chi connectivity index (χ4n) is 2.07. The van der Waals surface area contributed by atoms with Gasteiger partial charge in [-0.3, -0.25) is 10.1 Å². The highest BCUT2D eigenvalue weighted by molar-refractivity contribution is 8.23. The van der Waals surface area contributed by atoms with Crippen molar-refractivity contribution in [3.05, 3.63) is 28.3 Å². The van der Waals surface area contributed by atoms with Crippen LogP contribution >= 0.6 is 24.0 Å². The lowest BCUT2D eigenvalue weighted by Crippen LogP contribution is -2.23. The van der Waals surface area contributed by atoms with Gasteiger partial charge in [0, 0.05) is 19.2 Å². The van der Waals surface area contributed by atoms with Gasteiger partial charge in [-0.2, -0.15) is 0 Å². The molecule has 0 bridgehead atoms. The van der Waals surface area contributed by atoms with Gasteiger partial charge < -0.3 is 4.90 Å². The molecule has 0 amide bonds. The SMILES string of the molecule is CNS(=O)(=O)c1ccc(SC(=S)N2CCCC2)c([N+](=O)[O-])c1. The molecule has 0 atom stereocenters. The van der Waals surface area contributed by atoms with E-state index in [1.165, 1.54) is 19.2 Å². The molecule has 1 N–H and O–H groups in total. The molecule has 10 heteroatoms. The van der Waals surface area contributed by atoms with E-state index in [1.54, 1.807) is 0 Å². The molecule has 0 aromatic heterocycles. The van der Waals surface area contributed by atoms with E-state index in [2.05, 4.69) is 4.72 Å². The number of nitro groups is 1. The van der Waals surface area contributed by atoms with Gasteiger partial charge in [0.25, 0.3) is 5.69 Å². The second-order valence-electron chi connectivity index (χ2n) is 4.66. The summed E-state index contributed by atoms with van der Waals surface area (Å²) in [6.07, 6.45) is 2.12. The average Bonchev–Trinajstić information content (AvgIpc) is 3.01. The van der Waals surface area contributed by atoms with Crippen LogP contribution in [-0.2, 0) is 10.0 Å². The number of thiocarbonyl (C=S) groups is 1. The van der Waals surface area contributed by atoms with Gasteiger partial charge in [-0.15, -0.1) is 0 Å². The van der Waals surface area contributed by atoms with Gasteiger partial charge in [0.05, 0.1) is 14.7 Å². The molecule has 1 saturated heterocycles. The van der Waals surface area contributed by atoms with Crippen LogP contribution in [0.3, 0.4) is 0 Å². The molecular weight excluding hydrogens is 346 g/mol. The Balaban J connectivity index is 2.31. The molecule has 1 aliphatic heterocycles. The molecule has 1 aromatic rings. The Kier molecular flexibility index (Phi) is 5.37. The summed E-state index contributed by atoms with van der Waals surface area (Å²) in [6.45, 7) is 1.71. The van der Waals surface area contributed by atoms with Crippen molar-refractivity contribution in [3.8, 4) is 0 Å². The maximum Gasteiger partial charge on any atom is 0.284 e.